The van der Waals surface area contributed by atoms with Crippen molar-refractivity contribution in [3.8, 4) is 0 Å². The number of nitrogens with zero attached hydrogens (tertiary/aromatic N) is 1. The summed E-state index contributed by atoms with van der Waals surface area (Å²) in [4.78, 5) is 38.1. The summed E-state index contributed by atoms with van der Waals surface area (Å²) in [5, 5.41) is 13.1. The second-order valence-electron chi connectivity index (χ2n) is 8.91. The van der Waals surface area contributed by atoms with Gasteiger partial charge in [-0.05, 0) is 43.9 Å². The van der Waals surface area contributed by atoms with E-state index in [0.717, 1.165) is 38.5 Å². The molecule has 1 aliphatic carbocycles. The van der Waals surface area contributed by atoms with Crippen molar-refractivity contribution in [2.24, 2.45) is 5.41 Å². The average molecular weight is 477 g/mol. The van der Waals surface area contributed by atoms with Gasteiger partial charge in [0.2, 0.25) is 5.78 Å². The van der Waals surface area contributed by atoms with Crippen LogP contribution in [0.15, 0.2) is 18.2 Å². The van der Waals surface area contributed by atoms with E-state index < -0.39 is 23.8 Å². The lowest BCUT2D eigenvalue weighted by atomic mass is 9.73. The van der Waals surface area contributed by atoms with Crippen molar-refractivity contribution >= 4 is 46.1 Å². The molecule has 1 aliphatic rings. The van der Waals surface area contributed by atoms with Crippen molar-refractivity contribution in [3.05, 3.63) is 23.2 Å². The number of Topliss-reactive ketones (excluding diaryl/α,β-unsaturated/α-hetero) is 1. The normalized spacial score (nSPS) is 16.2. The van der Waals surface area contributed by atoms with Gasteiger partial charge >= 0.3 is 6.09 Å². The Bertz CT molecular complexity index is 984. The van der Waals surface area contributed by atoms with Crippen molar-refractivity contribution < 1.29 is 19.1 Å². The van der Waals surface area contributed by atoms with E-state index in [1.165, 1.54) is 6.42 Å². The van der Waals surface area contributed by atoms with Crippen molar-refractivity contribution in [2.75, 3.05) is 11.9 Å². The van der Waals surface area contributed by atoms with Crippen LogP contribution in [0.25, 0.3) is 10.9 Å². The van der Waals surface area contributed by atoms with Crippen LogP contribution in [0.5, 0.6) is 0 Å². The van der Waals surface area contributed by atoms with E-state index in [9.17, 15) is 14.4 Å². The van der Waals surface area contributed by atoms with Gasteiger partial charge in [-0.15, -0.1) is 0 Å². The van der Waals surface area contributed by atoms with Gasteiger partial charge in [0, 0.05) is 15.8 Å². The van der Waals surface area contributed by atoms with Gasteiger partial charge in [0.05, 0.1) is 12.1 Å². The van der Waals surface area contributed by atoms with Crippen LogP contribution in [0.1, 0.15) is 71.6 Å². The van der Waals surface area contributed by atoms with Crippen LogP contribution in [-0.2, 0) is 14.3 Å². The summed E-state index contributed by atoms with van der Waals surface area (Å²) in [7, 11) is 0. The Labute approximate surface area is 199 Å². The molecule has 0 bridgehead atoms. The number of fused-ring (bicyclic) bond motifs is 1. The van der Waals surface area contributed by atoms with Crippen LogP contribution in [-0.4, -0.2) is 40.6 Å². The van der Waals surface area contributed by atoms with Gasteiger partial charge in [-0.1, -0.05) is 57.6 Å². The number of alkyl carbamates (subject to hydrolysis) is 1. The number of hydrogen-bond donors (Lipinski definition) is 3. The summed E-state index contributed by atoms with van der Waals surface area (Å²) in [6.45, 7) is 4.43. The summed E-state index contributed by atoms with van der Waals surface area (Å²) in [5.41, 5.74) is 0.692. The molecule has 2 aromatic rings. The molecular formula is C24H33ClN4O4. The first kappa shape index (κ1) is 25.0. The summed E-state index contributed by atoms with van der Waals surface area (Å²) in [6, 6.07) is 4.12. The molecule has 1 atom stereocenters. The minimum atomic E-state index is -0.963. The SMILES string of the molecule is CCCC[C@H](NC(=O)OCC1(CC)CCCCC1)C(=O)C(=O)Nc1n[nH]c2ccc(Cl)cc12. The first-order chi connectivity index (χ1) is 15.9. The molecular weight excluding hydrogens is 444 g/mol. The number of unbranched alkanes of at least 4 members (excludes halogenated alkanes) is 1. The molecule has 3 rings (SSSR count). The van der Waals surface area contributed by atoms with Crippen LogP contribution < -0.4 is 10.6 Å². The highest BCUT2D eigenvalue weighted by Gasteiger charge is 2.33. The summed E-state index contributed by atoms with van der Waals surface area (Å²) in [6.07, 6.45) is 7.73. The van der Waals surface area contributed by atoms with Crippen molar-refractivity contribution in [3.63, 3.8) is 0 Å². The fourth-order valence-corrected chi connectivity index (χ4v) is 4.56. The number of aromatic nitrogens is 2. The first-order valence-corrected chi connectivity index (χ1v) is 12.2. The van der Waals surface area contributed by atoms with E-state index >= 15 is 0 Å². The largest absolute Gasteiger partial charge is 0.449 e. The minimum absolute atomic E-state index is 0.0121. The maximum atomic E-state index is 12.9. The number of anilines is 1. The Morgan fingerprint density at radius 1 is 1.21 bits per heavy atom. The van der Waals surface area contributed by atoms with Crippen molar-refractivity contribution in [1.82, 2.24) is 15.5 Å². The van der Waals surface area contributed by atoms with E-state index in [1.807, 2.05) is 6.92 Å². The number of H-pyrrole nitrogens is 1. The lowest BCUT2D eigenvalue weighted by molar-refractivity contribution is -0.136. The molecule has 33 heavy (non-hydrogen) atoms. The number of rotatable bonds is 10. The van der Waals surface area contributed by atoms with Gasteiger partial charge < -0.3 is 15.4 Å². The molecule has 8 nitrogen and oxygen atoms in total. The molecule has 1 fully saturated rings. The third-order valence-corrected chi connectivity index (χ3v) is 6.84. The zero-order valence-corrected chi connectivity index (χ0v) is 20.1. The number of amides is 2. The maximum Gasteiger partial charge on any atom is 0.407 e. The fraction of sp³-hybridized carbons (Fsp3) is 0.583. The molecule has 1 heterocycles. The Balaban J connectivity index is 1.62. The van der Waals surface area contributed by atoms with Gasteiger partial charge in [0.1, 0.15) is 6.04 Å². The van der Waals surface area contributed by atoms with E-state index in [2.05, 4.69) is 27.8 Å². The topological polar surface area (TPSA) is 113 Å². The molecule has 9 heteroatoms. The highest BCUT2D eigenvalue weighted by Crippen LogP contribution is 2.39. The maximum absolute atomic E-state index is 12.9. The first-order valence-electron chi connectivity index (χ1n) is 11.8. The smallest absolute Gasteiger partial charge is 0.407 e. The number of aromatic amines is 1. The molecule has 1 saturated carbocycles. The van der Waals surface area contributed by atoms with Gasteiger partial charge in [0.15, 0.2) is 5.82 Å². The van der Waals surface area contributed by atoms with Gasteiger partial charge in [0.25, 0.3) is 5.91 Å². The van der Waals surface area contributed by atoms with E-state index in [1.54, 1.807) is 18.2 Å². The molecule has 0 saturated heterocycles. The van der Waals surface area contributed by atoms with E-state index in [0.29, 0.717) is 35.4 Å². The fourth-order valence-electron chi connectivity index (χ4n) is 4.39. The number of carbonyl (C=O) groups excluding carboxylic acids is 3. The number of ketones is 1. The van der Waals surface area contributed by atoms with E-state index in [4.69, 9.17) is 16.3 Å². The molecule has 0 spiro atoms. The van der Waals surface area contributed by atoms with E-state index in [-0.39, 0.29) is 11.2 Å². The quantitative estimate of drug-likeness (QED) is 0.399. The Morgan fingerprint density at radius 2 is 1.97 bits per heavy atom. The third-order valence-electron chi connectivity index (χ3n) is 6.61. The number of carbonyl (C=O) groups is 3. The Morgan fingerprint density at radius 3 is 2.67 bits per heavy atom. The number of halogens is 1. The van der Waals surface area contributed by atoms with Gasteiger partial charge in [-0.25, -0.2) is 4.79 Å². The summed E-state index contributed by atoms with van der Waals surface area (Å²) >= 11 is 6.03. The van der Waals surface area contributed by atoms with Crippen LogP contribution in [0, 0.1) is 5.41 Å². The second kappa shape index (κ2) is 11.5. The number of ether oxygens (including phenoxy) is 1. The molecule has 0 unspecified atom stereocenters. The molecule has 1 aromatic carbocycles. The highest BCUT2D eigenvalue weighted by molar-refractivity contribution is 6.43. The molecule has 3 N–H and O–H groups in total. The molecule has 0 aliphatic heterocycles. The molecule has 0 radical (unpaired) electrons. The molecule has 1 aromatic heterocycles. The van der Waals surface area contributed by atoms with Crippen LogP contribution in [0.3, 0.4) is 0 Å². The summed E-state index contributed by atoms with van der Waals surface area (Å²) in [5.74, 6) is -1.37. The van der Waals surface area contributed by atoms with Crippen molar-refractivity contribution in [1.29, 1.82) is 0 Å². The third kappa shape index (κ3) is 6.47. The minimum Gasteiger partial charge on any atom is -0.449 e. The second-order valence-corrected chi connectivity index (χ2v) is 9.35. The summed E-state index contributed by atoms with van der Waals surface area (Å²) < 4.78 is 5.53. The zero-order valence-electron chi connectivity index (χ0n) is 19.3. The monoisotopic (exact) mass is 476 g/mol. The lowest BCUT2D eigenvalue weighted by Gasteiger charge is -2.35. The van der Waals surface area contributed by atoms with Crippen LogP contribution >= 0.6 is 11.6 Å². The molecule has 180 valence electrons. The van der Waals surface area contributed by atoms with Gasteiger partial charge in [-0.2, -0.15) is 5.10 Å². The number of hydrogen-bond acceptors (Lipinski definition) is 5. The highest BCUT2D eigenvalue weighted by atomic mass is 35.5. The zero-order chi connectivity index (χ0) is 23.8. The van der Waals surface area contributed by atoms with Gasteiger partial charge in [-0.3, -0.25) is 14.7 Å². The lowest BCUT2D eigenvalue weighted by Crippen LogP contribution is -2.46. The average Bonchev–Trinajstić information content (AvgIpc) is 3.22. The number of benzene rings is 1. The predicted octanol–water partition coefficient (Wildman–Crippen LogP) is 5.37. The van der Waals surface area contributed by atoms with Crippen molar-refractivity contribution in [2.45, 2.75) is 77.7 Å². The van der Waals surface area contributed by atoms with Crippen LogP contribution in [0.2, 0.25) is 5.02 Å². The predicted molar refractivity (Wildman–Crippen MR) is 128 cm³/mol. The van der Waals surface area contributed by atoms with Crippen LogP contribution in [0.4, 0.5) is 10.6 Å². The Kier molecular flexibility index (Phi) is 8.72. The molecule has 2 amide bonds. The standard InChI is InChI=1S/C24H33ClN4O4/c1-3-5-9-19(26-23(32)33-15-24(4-2)12-7-6-8-13-24)20(30)22(31)27-21-17-14-16(25)10-11-18(17)28-29-21/h10-11,14,19H,3-9,12-13,15H2,1-2H3,(H,26,32)(H2,27,28,29,31)/t19-/m0/s1. The Hall–Kier alpha value is -2.61. The number of nitrogens with one attached hydrogen (secondary N) is 3.